The predicted molar refractivity (Wildman–Crippen MR) is 99.9 cm³/mol. The molecule has 2 aromatic rings. The molecule has 8 nitrogen and oxygen atoms in total. The van der Waals surface area contributed by atoms with Crippen molar-refractivity contribution in [3.63, 3.8) is 0 Å². The minimum Gasteiger partial charge on any atom is -0.349 e. The number of carbonyl (C=O) groups excluding carboxylic acids is 2. The molecular formula is C19H24N6O2. The lowest BCUT2D eigenvalue weighted by molar-refractivity contribution is -0.114. The van der Waals surface area contributed by atoms with Gasteiger partial charge in [0.05, 0.1) is 6.54 Å². The summed E-state index contributed by atoms with van der Waals surface area (Å²) < 4.78 is 1.93. The molecule has 8 heteroatoms. The van der Waals surface area contributed by atoms with Gasteiger partial charge in [-0.3, -0.25) is 14.5 Å². The molecule has 2 N–H and O–H groups in total. The van der Waals surface area contributed by atoms with Crippen molar-refractivity contribution in [2.45, 2.75) is 39.4 Å². The third kappa shape index (κ3) is 4.33. The minimum absolute atomic E-state index is 0.0740. The summed E-state index contributed by atoms with van der Waals surface area (Å²) in [5.41, 5.74) is 1.96. The first-order valence-corrected chi connectivity index (χ1v) is 9.37. The Morgan fingerprint density at radius 1 is 1.15 bits per heavy atom. The van der Waals surface area contributed by atoms with E-state index in [2.05, 4.69) is 25.7 Å². The summed E-state index contributed by atoms with van der Waals surface area (Å²) in [5.74, 6) is 1.70. The third-order valence-electron chi connectivity index (χ3n) is 4.96. The van der Waals surface area contributed by atoms with Gasteiger partial charge in [-0.05, 0) is 36.5 Å². The van der Waals surface area contributed by atoms with Crippen molar-refractivity contribution < 1.29 is 9.59 Å². The maximum atomic E-state index is 12.3. The Bertz CT molecular complexity index is 840. The maximum Gasteiger partial charge on any atom is 0.289 e. The number of hydrogen-bond donors (Lipinski definition) is 2. The Balaban J connectivity index is 1.35. The van der Waals surface area contributed by atoms with Crippen molar-refractivity contribution in [2.75, 3.05) is 18.4 Å². The van der Waals surface area contributed by atoms with E-state index in [1.54, 1.807) is 0 Å². The average molecular weight is 368 g/mol. The first-order valence-electron chi connectivity index (χ1n) is 9.37. The van der Waals surface area contributed by atoms with Crippen LogP contribution in [0.4, 0.5) is 5.69 Å². The van der Waals surface area contributed by atoms with Crippen molar-refractivity contribution in [3.05, 3.63) is 41.5 Å². The zero-order chi connectivity index (χ0) is 18.8. The van der Waals surface area contributed by atoms with Crippen LogP contribution in [0.3, 0.4) is 0 Å². The van der Waals surface area contributed by atoms with Crippen molar-refractivity contribution in [3.8, 4) is 0 Å². The van der Waals surface area contributed by atoms with Crippen LogP contribution in [0.1, 0.15) is 41.8 Å². The predicted octanol–water partition coefficient (Wildman–Crippen LogP) is 1.39. The van der Waals surface area contributed by atoms with Gasteiger partial charge in [0.25, 0.3) is 5.91 Å². The Labute approximate surface area is 158 Å². The SMILES string of the molecule is CC(=O)Nc1ccc(CN2CCn3c(nnc3C(=O)NCC3CC3)C2)cc1. The van der Waals surface area contributed by atoms with E-state index in [1.165, 1.54) is 25.3 Å². The normalized spacial score (nSPS) is 16.6. The number of benzene rings is 1. The highest BCUT2D eigenvalue weighted by molar-refractivity contribution is 5.90. The summed E-state index contributed by atoms with van der Waals surface area (Å²) in [4.78, 5) is 25.7. The van der Waals surface area contributed by atoms with Crippen molar-refractivity contribution in [2.24, 2.45) is 5.92 Å². The molecule has 4 rings (SSSR count). The lowest BCUT2D eigenvalue weighted by atomic mass is 10.2. The van der Waals surface area contributed by atoms with Gasteiger partial charge in [-0.1, -0.05) is 12.1 Å². The lowest BCUT2D eigenvalue weighted by Crippen LogP contribution is -2.36. The van der Waals surface area contributed by atoms with E-state index in [0.717, 1.165) is 31.1 Å². The number of nitrogens with zero attached hydrogens (tertiary/aromatic N) is 4. The van der Waals surface area contributed by atoms with Crippen LogP contribution in [0.25, 0.3) is 0 Å². The van der Waals surface area contributed by atoms with Crippen LogP contribution in [-0.4, -0.2) is 44.6 Å². The standard InChI is InChI=1S/C19H24N6O2/c1-13(26)21-16-6-4-15(5-7-16)11-24-8-9-25-17(12-24)22-23-18(25)19(27)20-10-14-2-3-14/h4-7,14H,2-3,8-12H2,1H3,(H,20,27)(H,21,26). The molecule has 2 heterocycles. The summed E-state index contributed by atoms with van der Waals surface area (Å²) in [6, 6.07) is 7.85. The van der Waals surface area contributed by atoms with E-state index in [1.807, 2.05) is 28.8 Å². The molecule has 0 unspecified atom stereocenters. The average Bonchev–Trinajstić information content (AvgIpc) is 3.38. The largest absolute Gasteiger partial charge is 0.349 e. The topological polar surface area (TPSA) is 92.2 Å². The zero-order valence-corrected chi connectivity index (χ0v) is 15.4. The van der Waals surface area contributed by atoms with Crippen LogP contribution in [0, 0.1) is 5.92 Å². The van der Waals surface area contributed by atoms with Gasteiger partial charge < -0.3 is 15.2 Å². The number of rotatable bonds is 6. The number of aromatic nitrogens is 3. The summed E-state index contributed by atoms with van der Waals surface area (Å²) in [6.45, 7) is 5.23. The molecule has 1 aliphatic heterocycles. The van der Waals surface area contributed by atoms with Gasteiger partial charge in [-0.25, -0.2) is 0 Å². The van der Waals surface area contributed by atoms with Crippen LogP contribution in [0.15, 0.2) is 24.3 Å². The second-order valence-electron chi connectivity index (χ2n) is 7.33. The molecule has 1 aromatic heterocycles. The summed E-state index contributed by atoms with van der Waals surface area (Å²) in [7, 11) is 0. The molecule has 142 valence electrons. The number of carbonyl (C=O) groups is 2. The quantitative estimate of drug-likeness (QED) is 0.804. The van der Waals surface area contributed by atoms with Crippen LogP contribution in [0.5, 0.6) is 0 Å². The van der Waals surface area contributed by atoms with Crippen molar-refractivity contribution in [1.29, 1.82) is 0 Å². The van der Waals surface area contributed by atoms with Gasteiger partial charge in [-0.2, -0.15) is 0 Å². The van der Waals surface area contributed by atoms with Gasteiger partial charge >= 0.3 is 0 Å². The fourth-order valence-electron chi connectivity index (χ4n) is 3.30. The molecule has 1 saturated carbocycles. The first-order chi connectivity index (χ1) is 13.1. The highest BCUT2D eigenvalue weighted by atomic mass is 16.2. The van der Waals surface area contributed by atoms with Gasteiger partial charge in [0.2, 0.25) is 11.7 Å². The maximum absolute atomic E-state index is 12.3. The van der Waals surface area contributed by atoms with Crippen LogP contribution in [-0.2, 0) is 24.4 Å². The molecule has 2 aliphatic rings. The molecule has 0 saturated heterocycles. The Kier molecular flexibility index (Phi) is 4.89. The van der Waals surface area contributed by atoms with E-state index in [4.69, 9.17) is 0 Å². The van der Waals surface area contributed by atoms with Gasteiger partial charge in [0, 0.05) is 38.8 Å². The summed E-state index contributed by atoms with van der Waals surface area (Å²) in [5, 5.41) is 14.1. The fraction of sp³-hybridized carbons (Fsp3) is 0.474. The van der Waals surface area contributed by atoms with E-state index in [9.17, 15) is 9.59 Å². The van der Waals surface area contributed by atoms with Crippen molar-refractivity contribution >= 4 is 17.5 Å². The first kappa shape index (κ1) is 17.7. The molecule has 0 bridgehead atoms. The highest BCUT2D eigenvalue weighted by Gasteiger charge is 2.26. The molecule has 0 spiro atoms. The van der Waals surface area contributed by atoms with E-state index in [-0.39, 0.29) is 11.8 Å². The molecule has 27 heavy (non-hydrogen) atoms. The van der Waals surface area contributed by atoms with Crippen LogP contribution in [0.2, 0.25) is 0 Å². The van der Waals surface area contributed by atoms with E-state index < -0.39 is 0 Å². The smallest absolute Gasteiger partial charge is 0.289 e. The van der Waals surface area contributed by atoms with E-state index >= 15 is 0 Å². The number of hydrogen-bond acceptors (Lipinski definition) is 5. The van der Waals surface area contributed by atoms with Gasteiger partial charge in [-0.15, -0.1) is 10.2 Å². The number of anilines is 1. The number of fused-ring (bicyclic) bond motifs is 1. The lowest BCUT2D eigenvalue weighted by Gasteiger charge is -2.27. The Morgan fingerprint density at radius 2 is 1.93 bits per heavy atom. The molecule has 2 amide bonds. The van der Waals surface area contributed by atoms with Crippen LogP contribution < -0.4 is 10.6 Å². The summed E-state index contributed by atoms with van der Waals surface area (Å²) in [6.07, 6.45) is 2.41. The number of amides is 2. The molecule has 1 fully saturated rings. The monoisotopic (exact) mass is 368 g/mol. The summed E-state index contributed by atoms with van der Waals surface area (Å²) >= 11 is 0. The zero-order valence-electron chi connectivity index (χ0n) is 15.4. The van der Waals surface area contributed by atoms with Gasteiger partial charge in [0.15, 0.2) is 0 Å². The molecule has 0 atom stereocenters. The van der Waals surface area contributed by atoms with Crippen molar-refractivity contribution in [1.82, 2.24) is 25.0 Å². The third-order valence-corrected chi connectivity index (χ3v) is 4.96. The van der Waals surface area contributed by atoms with Gasteiger partial charge in [0.1, 0.15) is 5.82 Å². The molecule has 1 aromatic carbocycles. The molecule has 1 aliphatic carbocycles. The minimum atomic E-state index is -0.123. The molecular weight excluding hydrogens is 344 g/mol. The highest BCUT2D eigenvalue weighted by Crippen LogP contribution is 2.27. The fourth-order valence-corrected chi connectivity index (χ4v) is 3.30. The molecule has 0 radical (unpaired) electrons. The Morgan fingerprint density at radius 3 is 2.63 bits per heavy atom. The van der Waals surface area contributed by atoms with E-state index in [0.29, 0.717) is 24.8 Å². The number of nitrogens with one attached hydrogen (secondary N) is 2. The Hall–Kier alpha value is -2.74. The second-order valence-corrected chi connectivity index (χ2v) is 7.33. The van der Waals surface area contributed by atoms with Crippen LogP contribution >= 0.6 is 0 Å². The second kappa shape index (κ2) is 7.48.